The van der Waals surface area contributed by atoms with Gasteiger partial charge in [-0.05, 0) is 36.8 Å². The SMILES string of the molecule is NC1(C2CCOC2)CCCCc2ccccc21. The number of hydrogen-bond acceptors (Lipinski definition) is 2. The first-order valence-corrected chi connectivity index (χ1v) is 6.76. The molecule has 1 aromatic carbocycles. The average Bonchev–Trinajstić information content (AvgIpc) is 2.84. The third kappa shape index (κ3) is 1.90. The van der Waals surface area contributed by atoms with Crippen LogP contribution in [0.5, 0.6) is 0 Å². The van der Waals surface area contributed by atoms with E-state index in [1.165, 1.54) is 30.4 Å². The van der Waals surface area contributed by atoms with Crippen molar-refractivity contribution in [1.29, 1.82) is 0 Å². The van der Waals surface area contributed by atoms with Gasteiger partial charge in [0.15, 0.2) is 0 Å². The lowest BCUT2D eigenvalue weighted by molar-refractivity contribution is 0.157. The lowest BCUT2D eigenvalue weighted by Gasteiger charge is -2.35. The molecule has 1 aromatic rings. The van der Waals surface area contributed by atoms with Crippen LogP contribution in [0.25, 0.3) is 0 Å². The highest BCUT2D eigenvalue weighted by atomic mass is 16.5. The second-order valence-corrected chi connectivity index (χ2v) is 5.47. The first-order chi connectivity index (χ1) is 8.31. The summed E-state index contributed by atoms with van der Waals surface area (Å²) in [5.74, 6) is 0.502. The Bertz CT molecular complexity index is 398. The molecule has 0 radical (unpaired) electrons. The van der Waals surface area contributed by atoms with Crippen LogP contribution in [0.3, 0.4) is 0 Å². The first kappa shape index (κ1) is 11.2. The summed E-state index contributed by atoms with van der Waals surface area (Å²) in [6.45, 7) is 1.72. The van der Waals surface area contributed by atoms with Gasteiger partial charge in [0.2, 0.25) is 0 Å². The molecule has 2 N–H and O–H groups in total. The van der Waals surface area contributed by atoms with Gasteiger partial charge >= 0.3 is 0 Å². The Labute approximate surface area is 103 Å². The monoisotopic (exact) mass is 231 g/mol. The minimum absolute atomic E-state index is 0.149. The van der Waals surface area contributed by atoms with Crippen molar-refractivity contribution in [2.45, 2.75) is 37.6 Å². The summed E-state index contributed by atoms with van der Waals surface area (Å²) < 4.78 is 5.55. The molecule has 2 heteroatoms. The van der Waals surface area contributed by atoms with Gasteiger partial charge in [0.05, 0.1) is 6.61 Å². The third-order valence-electron chi connectivity index (χ3n) is 4.46. The largest absolute Gasteiger partial charge is 0.381 e. The zero-order chi connectivity index (χ0) is 11.7. The average molecular weight is 231 g/mol. The number of fused-ring (bicyclic) bond motifs is 1. The lowest BCUT2D eigenvalue weighted by atomic mass is 9.75. The highest BCUT2D eigenvalue weighted by molar-refractivity contribution is 5.35. The van der Waals surface area contributed by atoms with E-state index in [-0.39, 0.29) is 5.54 Å². The molecule has 1 aliphatic carbocycles. The fourth-order valence-corrected chi connectivity index (χ4v) is 3.42. The molecule has 1 heterocycles. The van der Waals surface area contributed by atoms with Crippen LogP contribution in [0.4, 0.5) is 0 Å². The van der Waals surface area contributed by atoms with E-state index in [1.807, 2.05) is 0 Å². The molecule has 0 aromatic heterocycles. The van der Waals surface area contributed by atoms with Gasteiger partial charge in [-0.25, -0.2) is 0 Å². The Kier molecular flexibility index (Phi) is 2.93. The maximum absolute atomic E-state index is 6.80. The van der Waals surface area contributed by atoms with E-state index < -0.39 is 0 Å². The topological polar surface area (TPSA) is 35.2 Å². The molecule has 3 rings (SSSR count). The predicted molar refractivity (Wildman–Crippen MR) is 68.8 cm³/mol. The van der Waals surface area contributed by atoms with Gasteiger partial charge in [-0.2, -0.15) is 0 Å². The maximum atomic E-state index is 6.80. The minimum Gasteiger partial charge on any atom is -0.381 e. The summed E-state index contributed by atoms with van der Waals surface area (Å²) in [6.07, 6.45) is 5.91. The second-order valence-electron chi connectivity index (χ2n) is 5.47. The molecule has 2 atom stereocenters. The van der Waals surface area contributed by atoms with Crippen LogP contribution in [0.15, 0.2) is 24.3 Å². The van der Waals surface area contributed by atoms with Crippen molar-refractivity contribution >= 4 is 0 Å². The number of hydrogen-bond donors (Lipinski definition) is 1. The number of aryl methyl sites for hydroxylation is 1. The first-order valence-electron chi connectivity index (χ1n) is 6.76. The molecule has 17 heavy (non-hydrogen) atoms. The summed E-state index contributed by atoms with van der Waals surface area (Å²) in [5.41, 5.74) is 9.49. The molecule has 0 saturated carbocycles. The summed E-state index contributed by atoms with van der Waals surface area (Å²) in [7, 11) is 0. The summed E-state index contributed by atoms with van der Waals surface area (Å²) in [5, 5.41) is 0. The summed E-state index contributed by atoms with van der Waals surface area (Å²) in [4.78, 5) is 0. The van der Waals surface area contributed by atoms with Crippen LogP contribution in [0.2, 0.25) is 0 Å². The van der Waals surface area contributed by atoms with Gasteiger partial charge < -0.3 is 10.5 Å². The Balaban J connectivity index is 2.03. The maximum Gasteiger partial charge on any atom is 0.0516 e. The Morgan fingerprint density at radius 2 is 2.12 bits per heavy atom. The zero-order valence-electron chi connectivity index (χ0n) is 10.3. The lowest BCUT2D eigenvalue weighted by Crippen LogP contribution is -2.44. The molecule has 2 nitrogen and oxygen atoms in total. The predicted octanol–water partition coefficient (Wildman–Crippen LogP) is 2.60. The molecule has 92 valence electrons. The summed E-state index contributed by atoms with van der Waals surface area (Å²) >= 11 is 0. The Morgan fingerprint density at radius 3 is 2.94 bits per heavy atom. The molecule has 1 aliphatic heterocycles. The fourth-order valence-electron chi connectivity index (χ4n) is 3.42. The highest BCUT2D eigenvalue weighted by Crippen LogP contribution is 2.40. The van der Waals surface area contributed by atoms with Crippen LogP contribution < -0.4 is 5.73 Å². The van der Waals surface area contributed by atoms with Crippen molar-refractivity contribution < 1.29 is 4.74 Å². The van der Waals surface area contributed by atoms with E-state index >= 15 is 0 Å². The van der Waals surface area contributed by atoms with Crippen molar-refractivity contribution in [2.75, 3.05) is 13.2 Å². The fraction of sp³-hybridized carbons (Fsp3) is 0.600. The zero-order valence-corrected chi connectivity index (χ0v) is 10.3. The van der Waals surface area contributed by atoms with Crippen molar-refractivity contribution in [1.82, 2.24) is 0 Å². The molecule has 0 bridgehead atoms. The normalized spacial score (nSPS) is 33.1. The minimum atomic E-state index is -0.149. The number of benzene rings is 1. The van der Waals surface area contributed by atoms with E-state index in [2.05, 4.69) is 24.3 Å². The molecule has 2 aliphatic rings. The smallest absolute Gasteiger partial charge is 0.0516 e. The highest BCUT2D eigenvalue weighted by Gasteiger charge is 2.40. The third-order valence-corrected chi connectivity index (χ3v) is 4.46. The van der Waals surface area contributed by atoms with Gasteiger partial charge in [0, 0.05) is 18.1 Å². The van der Waals surface area contributed by atoms with Gasteiger partial charge in [0.25, 0.3) is 0 Å². The van der Waals surface area contributed by atoms with Crippen LogP contribution in [-0.2, 0) is 16.7 Å². The molecular weight excluding hydrogens is 210 g/mol. The quantitative estimate of drug-likeness (QED) is 0.754. The van der Waals surface area contributed by atoms with E-state index in [0.29, 0.717) is 5.92 Å². The van der Waals surface area contributed by atoms with E-state index in [1.54, 1.807) is 0 Å². The van der Waals surface area contributed by atoms with Crippen LogP contribution in [0.1, 0.15) is 36.8 Å². The van der Waals surface area contributed by atoms with E-state index in [9.17, 15) is 0 Å². The summed E-state index contributed by atoms with van der Waals surface area (Å²) in [6, 6.07) is 8.74. The van der Waals surface area contributed by atoms with Crippen molar-refractivity contribution in [2.24, 2.45) is 11.7 Å². The van der Waals surface area contributed by atoms with Crippen molar-refractivity contribution in [3.63, 3.8) is 0 Å². The van der Waals surface area contributed by atoms with Crippen LogP contribution in [0, 0.1) is 5.92 Å². The van der Waals surface area contributed by atoms with E-state index in [4.69, 9.17) is 10.5 Å². The molecule has 0 amide bonds. The second kappa shape index (κ2) is 4.43. The molecule has 0 spiro atoms. The molecular formula is C15H21NO. The number of rotatable bonds is 1. The van der Waals surface area contributed by atoms with Crippen molar-refractivity contribution in [3.8, 4) is 0 Å². The number of ether oxygens (including phenoxy) is 1. The van der Waals surface area contributed by atoms with Crippen molar-refractivity contribution in [3.05, 3.63) is 35.4 Å². The molecule has 1 fully saturated rings. The number of nitrogens with two attached hydrogens (primary N) is 1. The van der Waals surface area contributed by atoms with Gasteiger partial charge in [0.1, 0.15) is 0 Å². The van der Waals surface area contributed by atoms with Gasteiger partial charge in [-0.1, -0.05) is 30.7 Å². The van der Waals surface area contributed by atoms with Gasteiger partial charge in [-0.3, -0.25) is 0 Å². The van der Waals surface area contributed by atoms with Crippen LogP contribution in [-0.4, -0.2) is 13.2 Å². The van der Waals surface area contributed by atoms with Crippen LogP contribution >= 0.6 is 0 Å². The standard InChI is InChI=1S/C15H21NO/c16-15(13-8-10-17-11-13)9-4-3-6-12-5-1-2-7-14(12)15/h1-2,5,7,13H,3-4,6,8-11,16H2. The Hall–Kier alpha value is -0.860. The Morgan fingerprint density at radius 1 is 1.24 bits per heavy atom. The molecule has 2 unspecified atom stereocenters. The van der Waals surface area contributed by atoms with Gasteiger partial charge in [-0.15, -0.1) is 0 Å². The van der Waals surface area contributed by atoms with E-state index in [0.717, 1.165) is 26.1 Å². The molecule has 1 saturated heterocycles.